The molecule has 0 aliphatic carbocycles. The first-order chi connectivity index (χ1) is 11.6. The second-order valence-electron chi connectivity index (χ2n) is 5.07. The third-order valence-corrected chi connectivity index (χ3v) is 3.27. The predicted molar refractivity (Wildman–Crippen MR) is 82.2 cm³/mol. The van der Waals surface area contributed by atoms with Gasteiger partial charge in [0.25, 0.3) is 0 Å². The van der Waals surface area contributed by atoms with Crippen LogP contribution in [0.15, 0.2) is 42.7 Å². The summed E-state index contributed by atoms with van der Waals surface area (Å²) in [5.41, 5.74) is 1.05. The third-order valence-electron chi connectivity index (χ3n) is 3.27. The van der Waals surface area contributed by atoms with Crippen LogP contribution in [0.4, 0.5) is 9.18 Å². The Bertz CT molecular complexity index is 640. The number of nitrogens with one attached hydrogen (secondary N) is 1. The van der Waals surface area contributed by atoms with E-state index >= 15 is 0 Å². The maximum Gasteiger partial charge on any atom is 0.407 e. The van der Waals surface area contributed by atoms with Gasteiger partial charge in [0, 0.05) is 24.5 Å². The highest BCUT2D eigenvalue weighted by atomic mass is 19.1. The molecule has 3 N–H and O–H groups in total. The van der Waals surface area contributed by atoms with E-state index in [1.165, 1.54) is 0 Å². The van der Waals surface area contributed by atoms with E-state index in [2.05, 4.69) is 15.3 Å². The Morgan fingerprint density at radius 3 is 2.54 bits per heavy atom. The van der Waals surface area contributed by atoms with Crippen LogP contribution < -0.4 is 5.32 Å². The number of nitrogens with zero attached hydrogens (tertiary/aromatic N) is 2. The van der Waals surface area contributed by atoms with Crippen molar-refractivity contribution in [1.29, 1.82) is 0 Å². The number of hydrogen-bond acceptors (Lipinski definition) is 6. The maximum absolute atomic E-state index is 12.6. The summed E-state index contributed by atoms with van der Waals surface area (Å²) in [6.07, 6.45) is -1.69. The first-order valence-corrected chi connectivity index (χ1v) is 7.34. The van der Waals surface area contributed by atoms with Gasteiger partial charge < -0.3 is 20.3 Å². The van der Waals surface area contributed by atoms with Gasteiger partial charge in [-0.25, -0.2) is 14.8 Å². The molecule has 0 aliphatic heterocycles. The molecule has 24 heavy (non-hydrogen) atoms. The van der Waals surface area contributed by atoms with Gasteiger partial charge >= 0.3 is 12.2 Å². The minimum Gasteiger partial charge on any atom is -0.445 e. The summed E-state index contributed by atoms with van der Waals surface area (Å²) < 4.78 is 17.6. The molecular formula is C16H18FN3O4. The molecule has 1 aromatic heterocycles. The van der Waals surface area contributed by atoms with Gasteiger partial charge in [0.05, 0.1) is 6.10 Å². The second kappa shape index (κ2) is 8.90. The van der Waals surface area contributed by atoms with Crippen molar-refractivity contribution in [1.82, 2.24) is 15.3 Å². The topological polar surface area (TPSA) is 105 Å². The highest BCUT2D eigenvalue weighted by Crippen LogP contribution is 2.16. The lowest BCUT2D eigenvalue weighted by Gasteiger charge is -2.17. The number of carbonyl (C=O) groups is 1. The Morgan fingerprint density at radius 1 is 1.21 bits per heavy atom. The van der Waals surface area contributed by atoms with Gasteiger partial charge in [-0.1, -0.05) is 30.3 Å². The van der Waals surface area contributed by atoms with Crippen molar-refractivity contribution in [2.24, 2.45) is 0 Å². The van der Waals surface area contributed by atoms with E-state index in [1.807, 2.05) is 30.3 Å². The smallest absolute Gasteiger partial charge is 0.407 e. The fourth-order valence-electron chi connectivity index (χ4n) is 1.95. The first-order valence-electron chi connectivity index (χ1n) is 7.34. The summed E-state index contributed by atoms with van der Waals surface area (Å²) in [6.45, 7) is 0.249. The molecule has 2 rings (SSSR count). The zero-order chi connectivity index (χ0) is 17.4. The number of ether oxygens (including phenoxy) is 1. The molecule has 2 unspecified atom stereocenters. The first kappa shape index (κ1) is 17.8. The summed E-state index contributed by atoms with van der Waals surface area (Å²) >= 11 is 0. The lowest BCUT2D eigenvalue weighted by atomic mass is 10.1. The normalized spacial score (nSPS) is 13.1. The van der Waals surface area contributed by atoms with Crippen LogP contribution in [0.2, 0.25) is 0 Å². The molecule has 1 heterocycles. The molecule has 128 valence electrons. The number of rotatable bonds is 7. The number of alkyl carbamates (subject to hydrolysis) is 1. The van der Waals surface area contributed by atoms with E-state index in [-0.39, 0.29) is 25.1 Å². The average molecular weight is 335 g/mol. The molecule has 0 fully saturated rings. The van der Waals surface area contributed by atoms with Gasteiger partial charge in [0.15, 0.2) is 0 Å². The van der Waals surface area contributed by atoms with Gasteiger partial charge in [-0.2, -0.15) is 4.39 Å². The average Bonchev–Trinajstić information content (AvgIpc) is 2.61. The van der Waals surface area contributed by atoms with Crippen molar-refractivity contribution in [2.45, 2.75) is 25.2 Å². The standard InChI is InChI=1S/C16H18FN3O4/c17-15-19-8-12(9-20-15)14(22)13(21)6-7-18-16(23)24-10-11-4-2-1-3-5-11/h1-5,8-9,13-14,21-22H,6-7,10H2,(H,18,23). The largest absolute Gasteiger partial charge is 0.445 e. The fraction of sp³-hybridized carbons (Fsp3) is 0.312. The van der Waals surface area contributed by atoms with Crippen LogP contribution in [-0.4, -0.2) is 38.9 Å². The summed E-state index contributed by atoms with van der Waals surface area (Å²) in [5.74, 6) is 0. The summed E-state index contributed by atoms with van der Waals surface area (Å²) in [4.78, 5) is 18.1. The van der Waals surface area contributed by atoms with E-state index in [0.717, 1.165) is 18.0 Å². The molecule has 8 heteroatoms. The van der Waals surface area contributed by atoms with Crippen molar-refractivity contribution < 1.29 is 24.1 Å². The molecule has 1 aromatic carbocycles. The van der Waals surface area contributed by atoms with Gasteiger partial charge in [-0.15, -0.1) is 0 Å². The lowest BCUT2D eigenvalue weighted by Crippen LogP contribution is -2.29. The van der Waals surface area contributed by atoms with Crippen LogP contribution in [0.25, 0.3) is 0 Å². The monoisotopic (exact) mass is 335 g/mol. The van der Waals surface area contributed by atoms with Gasteiger partial charge in [-0.05, 0) is 12.0 Å². The van der Waals surface area contributed by atoms with Crippen molar-refractivity contribution in [2.75, 3.05) is 6.54 Å². The van der Waals surface area contributed by atoms with Crippen molar-refractivity contribution >= 4 is 6.09 Å². The molecule has 2 aromatic rings. The van der Waals surface area contributed by atoms with Crippen LogP contribution in [0.5, 0.6) is 0 Å². The van der Waals surface area contributed by atoms with E-state index in [4.69, 9.17) is 4.74 Å². The number of amides is 1. The molecule has 7 nitrogen and oxygen atoms in total. The third kappa shape index (κ3) is 5.56. The molecule has 0 saturated heterocycles. The molecular weight excluding hydrogens is 317 g/mol. The number of aliphatic hydroxyl groups is 2. The van der Waals surface area contributed by atoms with Crippen molar-refractivity contribution in [3.05, 3.63) is 59.9 Å². The Morgan fingerprint density at radius 2 is 1.88 bits per heavy atom. The highest BCUT2D eigenvalue weighted by molar-refractivity contribution is 5.67. The van der Waals surface area contributed by atoms with Gasteiger partial charge in [0.2, 0.25) is 0 Å². The predicted octanol–water partition coefficient (Wildman–Crippen LogP) is 1.33. The highest BCUT2D eigenvalue weighted by Gasteiger charge is 2.19. The summed E-state index contributed by atoms with van der Waals surface area (Å²) in [7, 11) is 0. The molecule has 0 saturated carbocycles. The number of aromatic nitrogens is 2. The molecule has 1 amide bonds. The van der Waals surface area contributed by atoms with E-state index in [9.17, 15) is 19.4 Å². The minimum absolute atomic E-state index is 0.0823. The van der Waals surface area contributed by atoms with Crippen LogP contribution in [0, 0.1) is 6.08 Å². The SMILES string of the molecule is O=C(NCCC(O)C(O)c1cnc(F)nc1)OCc1ccccc1. The Hall–Kier alpha value is -2.58. The number of aliphatic hydroxyl groups excluding tert-OH is 2. The van der Waals surface area contributed by atoms with Crippen LogP contribution in [-0.2, 0) is 11.3 Å². The quantitative estimate of drug-likeness (QED) is 0.659. The molecule has 0 aliphatic rings. The Labute approximate surface area is 138 Å². The summed E-state index contributed by atoms with van der Waals surface area (Å²) in [6, 6.07) is 9.21. The van der Waals surface area contributed by atoms with Crippen molar-refractivity contribution in [3.8, 4) is 0 Å². The van der Waals surface area contributed by atoms with E-state index in [0.29, 0.717) is 0 Å². The summed E-state index contributed by atoms with van der Waals surface area (Å²) in [5, 5.41) is 22.2. The zero-order valence-electron chi connectivity index (χ0n) is 12.8. The van der Waals surface area contributed by atoms with Crippen LogP contribution in [0.3, 0.4) is 0 Å². The van der Waals surface area contributed by atoms with E-state index in [1.54, 1.807) is 0 Å². The Balaban J connectivity index is 1.68. The van der Waals surface area contributed by atoms with Gasteiger partial charge in [-0.3, -0.25) is 0 Å². The van der Waals surface area contributed by atoms with E-state index < -0.39 is 24.4 Å². The van der Waals surface area contributed by atoms with Crippen LogP contribution in [0.1, 0.15) is 23.7 Å². The zero-order valence-corrected chi connectivity index (χ0v) is 12.8. The maximum atomic E-state index is 12.6. The number of halogens is 1. The molecule has 2 atom stereocenters. The second-order valence-corrected chi connectivity index (χ2v) is 5.07. The molecule has 0 spiro atoms. The molecule has 0 radical (unpaired) electrons. The van der Waals surface area contributed by atoms with Crippen LogP contribution >= 0.6 is 0 Å². The Kier molecular flexibility index (Phi) is 6.59. The lowest BCUT2D eigenvalue weighted by molar-refractivity contribution is 0.0131. The number of benzene rings is 1. The van der Waals surface area contributed by atoms with Gasteiger partial charge in [0.1, 0.15) is 12.7 Å². The minimum atomic E-state index is -1.27. The van der Waals surface area contributed by atoms with Crippen molar-refractivity contribution in [3.63, 3.8) is 0 Å². The number of carbonyl (C=O) groups excluding carboxylic acids is 1. The molecule has 0 bridgehead atoms. The number of hydrogen-bond donors (Lipinski definition) is 3. The fourth-order valence-corrected chi connectivity index (χ4v) is 1.95.